The number of rotatable bonds is 3. The van der Waals surface area contributed by atoms with Gasteiger partial charge in [0.15, 0.2) is 0 Å². The van der Waals surface area contributed by atoms with Crippen molar-refractivity contribution in [1.29, 1.82) is 0 Å². The molecule has 4 rings (SSSR count). The molecule has 1 spiro atoms. The largest absolute Gasteiger partial charge is 0.344 e. The minimum atomic E-state index is 0.454. The molecule has 104 valence electrons. The average molecular weight is 269 g/mol. The third-order valence-electron chi connectivity index (χ3n) is 4.97. The van der Waals surface area contributed by atoms with Crippen LogP contribution in [0.15, 0.2) is 24.4 Å². The maximum atomic E-state index is 10.7. The molecule has 0 atom stereocenters. The van der Waals surface area contributed by atoms with Gasteiger partial charge in [0.1, 0.15) is 5.65 Å². The Labute approximate surface area is 118 Å². The number of nitrogens with zero attached hydrogens (tertiary/aromatic N) is 3. The minimum absolute atomic E-state index is 0.454. The lowest BCUT2D eigenvalue weighted by Gasteiger charge is -2.58. The summed E-state index contributed by atoms with van der Waals surface area (Å²) in [5.74, 6) is 0.736. The molecular formula is C16H19N3O. The molecule has 4 nitrogen and oxygen atoms in total. The lowest BCUT2D eigenvalue weighted by atomic mass is 9.58. The number of likely N-dealkylation sites (tertiary alicyclic amines) is 1. The minimum Gasteiger partial charge on any atom is -0.344 e. The second-order valence-corrected chi connectivity index (χ2v) is 6.60. The number of hydrogen-bond donors (Lipinski definition) is 0. The Morgan fingerprint density at radius 1 is 1.45 bits per heavy atom. The van der Waals surface area contributed by atoms with E-state index in [-0.39, 0.29) is 0 Å². The Kier molecular flexibility index (Phi) is 2.43. The third-order valence-corrected chi connectivity index (χ3v) is 4.97. The Hall–Kier alpha value is -1.84. The number of aryl methyl sites for hydroxylation is 1. The normalized spacial score (nSPS) is 20.9. The fourth-order valence-electron chi connectivity index (χ4n) is 4.15. The van der Waals surface area contributed by atoms with Gasteiger partial charge < -0.3 is 9.47 Å². The van der Waals surface area contributed by atoms with Crippen molar-refractivity contribution >= 4 is 17.4 Å². The predicted octanol–water partition coefficient (Wildman–Crippen LogP) is 2.21. The van der Waals surface area contributed by atoms with E-state index < -0.39 is 0 Å². The number of carbonyl (C=O) groups excluding carboxylic acids is 1. The van der Waals surface area contributed by atoms with Gasteiger partial charge in [0, 0.05) is 42.3 Å². The van der Waals surface area contributed by atoms with Crippen LogP contribution in [0.4, 0.5) is 0 Å². The van der Waals surface area contributed by atoms with Crippen LogP contribution in [0, 0.1) is 18.3 Å². The Balaban J connectivity index is 1.48. The quantitative estimate of drug-likeness (QED) is 0.801. The zero-order valence-corrected chi connectivity index (χ0v) is 11.7. The first-order valence-corrected chi connectivity index (χ1v) is 7.29. The maximum Gasteiger partial charge on any atom is 0.209 e. The van der Waals surface area contributed by atoms with E-state index in [0.29, 0.717) is 5.41 Å². The van der Waals surface area contributed by atoms with E-state index in [1.54, 1.807) is 0 Å². The highest BCUT2D eigenvalue weighted by molar-refractivity contribution is 5.77. The van der Waals surface area contributed by atoms with Crippen LogP contribution in [-0.4, -0.2) is 34.0 Å². The molecule has 0 aromatic carbocycles. The number of carbonyl (C=O) groups is 1. The molecule has 1 aliphatic carbocycles. The van der Waals surface area contributed by atoms with Gasteiger partial charge in [0.25, 0.3) is 0 Å². The second kappa shape index (κ2) is 4.08. The van der Waals surface area contributed by atoms with Gasteiger partial charge in [-0.1, -0.05) is 0 Å². The molecule has 20 heavy (non-hydrogen) atoms. The molecule has 0 unspecified atom stereocenters. The first-order chi connectivity index (χ1) is 9.69. The molecule has 2 aliphatic rings. The molecule has 1 aliphatic heterocycles. The molecule has 1 saturated heterocycles. The molecule has 0 N–H and O–H groups in total. The van der Waals surface area contributed by atoms with Crippen molar-refractivity contribution in [3.63, 3.8) is 0 Å². The summed E-state index contributed by atoms with van der Waals surface area (Å²) >= 11 is 0. The van der Waals surface area contributed by atoms with Gasteiger partial charge in [-0.2, -0.15) is 0 Å². The summed E-state index contributed by atoms with van der Waals surface area (Å²) in [5.41, 5.74) is 2.85. The van der Waals surface area contributed by atoms with Crippen LogP contribution in [0.1, 0.15) is 18.5 Å². The zero-order valence-electron chi connectivity index (χ0n) is 11.7. The molecule has 0 radical (unpaired) electrons. The fourth-order valence-corrected chi connectivity index (χ4v) is 4.15. The summed E-state index contributed by atoms with van der Waals surface area (Å²) in [5, 5.41) is 1.23. The number of aromatic nitrogens is 2. The van der Waals surface area contributed by atoms with Crippen molar-refractivity contribution in [3.8, 4) is 0 Å². The van der Waals surface area contributed by atoms with Gasteiger partial charge in [-0.3, -0.25) is 4.79 Å². The lowest BCUT2D eigenvalue weighted by Crippen LogP contribution is -2.62. The van der Waals surface area contributed by atoms with Crippen molar-refractivity contribution in [1.82, 2.24) is 14.5 Å². The number of fused-ring (bicyclic) bond motifs is 1. The molecule has 2 aromatic rings. The van der Waals surface area contributed by atoms with E-state index in [1.807, 2.05) is 17.2 Å². The summed E-state index contributed by atoms with van der Waals surface area (Å²) in [7, 11) is 0. The number of hydrogen-bond acceptors (Lipinski definition) is 2. The van der Waals surface area contributed by atoms with Crippen LogP contribution in [0.5, 0.6) is 0 Å². The third kappa shape index (κ3) is 1.67. The second-order valence-electron chi connectivity index (χ2n) is 6.60. The highest BCUT2D eigenvalue weighted by Crippen LogP contribution is 2.52. The standard InChI is InChI=1S/C16H19N3O/c1-12-5-14-3-2-4-17-15(14)19(12)8-13-6-16(7-13)9-18(10-16)11-20/h2-5,11,13H,6-10H2,1H3. The van der Waals surface area contributed by atoms with E-state index in [0.717, 1.165) is 37.6 Å². The Morgan fingerprint density at radius 2 is 2.25 bits per heavy atom. The van der Waals surface area contributed by atoms with E-state index in [4.69, 9.17) is 0 Å². The van der Waals surface area contributed by atoms with Gasteiger partial charge in [-0.15, -0.1) is 0 Å². The van der Waals surface area contributed by atoms with Crippen LogP contribution in [0.3, 0.4) is 0 Å². The van der Waals surface area contributed by atoms with Crippen molar-refractivity contribution in [2.75, 3.05) is 13.1 Å². The fraction of sp³-hybridized carbons (Fsp3) is 0.500. The van der Waals surface area contributed by atoms with E-state index in [1.165, 1.54) is 23.9 Å². The lowest BCUT2D eigenvalue weighted by molar-refractivity contribution is -0.142. The SMILES string of the molecule is Cc1cc2cccnc2n1CC1CC2(C1)CN(C=O)C2. The molecule has 2 aromatic heterocycles. The van der Waals surface area contributed by atoms with Crippen LogP contribution in [0.25, 0.3) is 11.0 Å². The van der Waals surface area contributed by atoms with Gasteiger partial charge in [-0.25, -0.2) is 4.98 Å². The first-order valence-electron chi connectivity index (χ1n) is 7.29. The maximum absolute atomic E-state index is 10.7. The van der Waals surface area contributed by atoms with Crippen molar-refractivity contribution in [3.05, 3.63) is 30.1 Å². The van der Waals surface area contributed by atoms with Crippen LogP contribution in [0.2, 0.25) is 0 Å². The molecule has 1 amide bonds. The van der Waals surface area contributed by atoms with Crippen LogP contribution < -0.4 is 0 Å². The van der Waals surface area contributed by atoms with Crippen LogP contribution >= 0.6 is 0 Å². The average Bonchev–Trinajstić information content (AvgIpc) is 2.67. The first kappa shape index (κ1) is 11.9. The highest BCUT2D eigenvalue weighted by Gasteiger charge is 2.51. The van der Waals surface area contributed by atoms with Gasteiger partial charge in [-0.05, 0) is 43.9 Å². The number of pyridine rings is 1. The summed E-state index contributed by atoms with van der Waals surface area (Å²) in [4.78, 5) is 17.1. The smallest absolute Gasteiger partial charge is 0.209 e. The zero-order chi connectivity index (χ0) is 13.7. The number of amides is 1. The van der Waals surface area contributed by atoms with Gasteiger partial charge >= 0.3 is 0 Å². The van der Waals surface area contributed by atoms with Gasteiger partial charge in [0.2, 0.25) is 6.41 Å². The molecule has 3 heterocycles. The molecule has 0 bridgehead atoms. The molecule has 4 heteroatoms. The molecule has 2 fully saturated rings. The predicted molar refractivity (Wildman–Crippen MR) is 77.3 cm³/mol. The topological polar surface area (TPSA) is 38.1 Å². The summed E-state index contributed by atoms with van der Waals surface area (Å²) in [6.45, 7) is 5.16. The van der Waals surface area contributed by atoms with Crippen molar-refractivity contribution in [2.45, 2.75) is 26.3 Å². The van der Waals surface area contributed by atoms with Crippen molar-refractivity contribution in [2.24, 2.45) is 11.3 Å². The highest BCUT2D eigenvalue weighted by atomic mass is 16.1. The Morgan fingerprint density at radius 3 is 3.00 bits per heavy atom. The molecular weight excluding hydrogens is 250 g/mol. The summed E-state index contributed by atoms with van der Waals surface area (Å²) < 4.78 is 2.35. The van der Waals surface area contributed by atoms with Crippen molar-refractivity contribution < 1.29 is 4.79 Å². The summed E-state index contributed by atoms with van der Waals surface area (Å²) in [6.07, 6.45) is 5.35. The summed E-state index contributed by atoms with van der Waals surface area (Å²) in [6, 6.07) is 6.34. The monoisotopic (exact) mass is 269 g/mol. The van der Waals surface area contributed by atoms with E-state index in [9.17, 15) is 4.79 Å². The van der Waals surface area contributed by atoms with Crippen LogP contribution in [-0.2, 0) is 11.3 Å². The Bertz CT molecular complexity index is 661. The van der Waals surface area contributed by atoms with Gasteiger partial charge in [0.05, 0.1) is 0 Å². The van der Waals surface area contributed by atoms with E-state index >= 15 is 0 Å². The van der Waals surface area contributed by atoms with E-state index in [2.05, 4.69) is 28.6 Å². The molecule has 1 saturated carbocycles.